The Kier molecular flexibility index (Phi) is 3.77. The van der Waals surface area contributed by atoms with Gasteiger partial charge in [0.2, 0.25) is 0 Å². The first kappa shape index (κ1) is 12.8. The van der Waals surface area contributed by atoms with Gasteiger partial charge in [-0.05, 0) is 53.5 Å². The van der Waals surface area contributed by atoms with Crippen molar-refractivity contribution < 1.29 is 4.79 Å². The molecule has 3 nitrogen and oxygen atoms in total. The van der Waals surface area contributed by atoms with Crippen LogP contribution in [-0.2, 0) is 0 Å². The lowest BCUT2D eigenvalue weighted by atomic mass is 10.1. The van der Waals surface area contributed by atoms with Gasteiger partial charge in [0, 0.05) is 21.9 Å². The highest BCUT2D eigenvalue weighted by atomic mass is 79.9. The van der Waals surface area contributed by atoms with Gasteiger partial charge in [-0.1, -0.05) is 12.1 Å². The van der Waals surface area contributed by atoms with Crippen molar-refractivity contribution in [3.63, 3.8) is 0 Å². The molecule has 2 rings (SSSR count). The van der Waals surface area contributed by atoms with Crippen molar-refractivity contribution in [3.05, 3.63) is 52.1 Å². The molecule has 0 aliphatic heterocycles. The van der Waals surface area contributed by atoms with E-state index in [0.717, 1.165) is 21.5 Å². The lowest BCUT2D eigenvalue weighted by molar-refractivity contribution is 0.101. The average Bonchev–Trinajstić information content (AvgIpc) is 2.33. The van der Waals surface area contributed by atoms with Crippen molar-refractivity contribution in [3.8, 4) is 0 Å². The van der Waals surface area contributed by atoms with E-state index in [1.807, 2.05) is 31.2 Å². The van der Waals surface area contributed by atoms with Crippen LogP contribution in [0.4, 0.5) is 11.5 Å². The lowest BCUT2D eigenvalue weighted by Crippen LogP contribution is -1.98. The number of ketones is 1. The second-order valence-electron chi connectivity index (χ2n) is 4.08. The summed E-state index contributed by atoms with van der Waals surface area (Å²) in [5, 5.41) is 3.21. The normalized spacial score (nSPS) is 10.2. The van der Waals surface area contributed by atoms with Crippen molar-refractivity contribution in [2.75, 3.05) is 5.32 Å². The molecule has 0 bridgehead atoms. The first-order valence-corrected chi connectivity index (χ1v) is 6.36. The number of aryl methyl sites for hydroxylation is 1. The number of benzene rings is 1. The quantitative estimate of drug-likeness (QED) is 0.868. The number of nitrogens with zero attached hydrogens (tertiary/aromatic N) is 1. The molecule has 0 saturated heterocycles. The van der Waals surface area contributed by atoms with Crippen LogP contribution < -0.4 is 5.32 Å². The SMILES string of the molecule is CC(=O)c1cccc(Nc2ncc(Br)cc2C)c1. The number of hydrogen-bond acceptors (Lipinski definition) is 3. The molecule has 0 aliphatic rings. The van der Waals surface area contributed by atoms with E-state index in [1.165, 1.54) is 0 Å². The zero-order chi connectivity index (χ0) is 13.1. The van der Waals surface area contributed by atoms with Gasteiger partial charge >= 0.3 is 0 Å². The number of aromatic nitrogens is 1. The summed E-state index contributed by atoms with van der Waals surface area (Å²) in [6.45, 7) is 3.54. The molecule has 0 aliphatic carbocycles. The first-order chi connectivity index (χ1) is 8.56. The van der Waals surface area contributed by atoms with E-state index in [2.05, 4.69) is 26.2 Å². The lowest BCUT2D eigenvalue weighted by Gasteiger charge is -2.09. The molecular weight excluding hydrogens is 292 g/mol. The van der Waals surface area contributed by atoms with Crippen LogP contribution in [0.5, 0.6) is 0 Å². The van der Waals surface area contributed by atoms with E-state index in [1.54, 1.807) is 19.2 Å². The monoisotopic (exact) mass is 304 g/mol. The van der Waals surface area contributed by atoms with Gasteiger partial charge in [-0.25, -0.2) is 4.98 Å². The summed E-state index contributed by atoms with van der Waals surface area (Å²) in [5.74, 6) is 0.845. The predicted octanol–water partition coefficient (Wildman–Crippen LogP) is 4.10. The van der Waals surface area contributed by atoms with Gasteiger partial charge in [-0.15, -0.1) is 0 Å². The summed E-state index contributed by atoms with van der Waals surface area (Å²) in [4.78, 5) is 15.6. The van der Waals surface area contributed by atoms with Crippen LogP contribution in [-0.4, -0.2) is 10.8 Å². The predicted molar refractivity (Wildman–Crippen MR) is 76.4 cm³/mol. The molecule has 0 unspecified atom stereocenters. The number of rotatable bonds is 3. The Labute approximate surface area is 114 Å². The molecule has 4 heteroatoms. The number of carbonyl (C=O) groups is 1. The number of hydrogen-bond donors (Lipinski definition) is 1. The van der Waals surface area contributed by atoms with E-state index in [0.29, 0.717) is 5.56 Å². The highest BCUT2D eigenvalue weighted by Gasteiger charge is 2.04. The molecule has 1 N–H and O–H groups in total. The Bertz CT molecular complexity index is 596. The molecule has 18 heavy (non-hydrogen) atoms. The van der Waals surface area contributed by atoms with Gasteiger partial charge in [0.25, 0.3) is 0 Å². The molecule has 0 radical (unpaired) electrons. The summed E-state index contributed by atoms with van der Waals surface area (Å²) < 4.78 is 0.947. The van der Waals surface area contributed by atoms with Gasteiger partial charge in [0.1, 0.15) is 5.82 Å². The van der Waals surface area contributed by atoms with Crippen molar-refractivity contribution in [2.45, 2.75) is 13.8 Å². The van der Waals surface area contributed by atoms with E-state index >= 15 is 0 Å². The first-order valence-electron chi connectivity index (χ1n) is 5.56. The standard InChI is InChI=1S/C14H13BrN2O/c1-9-6-12(15)8-16-14(9)17-13-5-3-4-11(7-13)10(2)18/h3-8H,1-2H3,(H,16,17). The third-order valence-electron chi connectivity index (χ3n) is 2.58. The molecule has 1 aromatic carbocycles. The van der Waals surface area contributed by atoms with Crippen LogP contribution in [0.3, 0.4) is 0 Å². The van der Waals surface area contributed by atoms with Gasteiger partial charge < -0.3 is 5.32 Å². The minimum atomic E-state index is 0.0548. The van der Waals surface area contributed by atoms with Crippen molar-refractivity contribution in [1.29, 1.82) is 0 Å². The summed E-state index contributed by atoms with van der Waals surface area (Å²) in [6, 6.07) is 9.38. The highest BCUT2D eigenvalue weighted by Crippen LogP contribution is 2.21. The highest BCUT2D eigenvalue weighted by molar-refractivity contribution is 9.10. The fraction of sp³-hybridized carbons (Fsp3) is 0.143. The topological polar surface area (TPSA) is 42.0 Å². The van der Waals surface area contributed by atoms with Crippen molar-refractivity contribution in [2.24, 2.45) is 0 Å². The number of pyridine rings is 1. The molecule has 92 valence electrons. The van der Waals surface area contributed by atoms with E-state index in [4.69, 9.17) is 0 Å². The smallest absolute Gasteiger partial charge is 0.159 e. The zero-order valence-electron chi connectivity index (χ0n) is 10.2. The summed E-state index contributed by atoms with van der Waals surface area (Å²) in [7, 11) is 0. The van der Waals surface area contributed by atoms with Gasteiger partial charge in [0.15, 0.2) is 5.78 Å². The number of Topliss-reactive ketones (excluding diaryl/α,β-unsaturated/α-hetero) is 1. The Balaban J connectivity index is 2.28. The molecule has 0 fully saturated rings. The minimum absolute atomic E-state index is 0.0548. The fourth-order valence-corrected chi connectivity index (χ4v) is 2.07. The van der Waals surface area contributed by atoms with E-state index < -0.39 is 0 Å². The van der Waals surface area contributed by atoms with E-state index in [9.17, 15) is 4.79 Å². The molecule has 1 heterocycles. The van der Waals surface area contributed by atoms with Crippen LogP contribution in [0, 0.1) is 6.92 Å². The number of carbonyl (C=O) groups excluding carboxylic acids is 1. The molecule has 0 amide bonds. The Morgan fingerprint density at radius 2 is 2.11 bits per heavy atom. The second-order valence-corrected chi connectivity index (χ2v) is 5.00. The van der Waals surface area contributed by atoms with Crippen LogP contribution >= 0.6 is 15.9 Å². The van der Waals surface area contributed by atoms with Gasteiger partial charge in [0.05, 0.1) is 0 Å². The zero-order valence-corrected chi connectivity index (χ0v) is 11.8. The van der Waals surface area contributed by atoms with E-state index in [-0.39, 0.29) is 5.78 Å². The van der Waals surface area contributed by atoms with Crippen LogP contribution in [0.25, 0.3) is 0 Å². The largest absolute Gasteiger partial charge is 0.340 e. The summed E-state index contributed by atoms with van der Waals surface area (Å²) in [6.07, 6.45) is 1.74. The van der Waals surface area contributed by atoms with Crippen LogP contribution in [0.15, 0.2) is 41.0 Å². The molecule has 0 atom stereocenters. The maximum absolute atomic E-state index is 11.3. The summed E-state index contributed by atoms with van der Waals surface area (Å²) in [5.41, 5.74) is 2.59. The number of anilines is 2. The summed E-state index contributed by atoms with van der Waals surface area (Å²) >= 11 is 3.38. The van der Waals surface area contributed by atoms with Gasteiger partial charge in [-0.2, -0.15) is 0 Å². The van der Waals surface area contributed by atoms with Crippen molar-refractivity contribution >= 4 is 33.2 Å². The van der Waals surface area contributed by atoms with Crippen LogP contribution in [0.2, 0.25) is 0 Å². The Morgan fingerprint density at radius 1 is 1.33 bits per heavy atom. The van der Waals surface area contributed by atoms with Crippen LogP contribution in [0.1, 0.15) is 22.8 Å². The average molecular weight is 305 g/mol. The molecule has 0 saturated carbocycles. The maximum atomic E-state index is 11.3. The second kappa shape index (κ2) is 5.31. The third kappa shape index (κ3) is 2.96. The maximum Gasteiger partial charge on any atom is 0.159 e. The van der Waals surface area contributed by atoms with Gasteiger partial charge in [-0.3, -0.25) is 4.79 Å². The van der Waals surface area contributed by atoms with Crippen molar-refractivity contribution in [1.82, 2.24) is 4.98 Å². The molecule has 0 spiro atoms. The minimum Gasteiger partial charge on any atom is -0.340 e. The Morgan fingerprint density at radius 3 is 2.78 bits per heavy atom. The number of nitrogens with one attached hydrogen (secondary N) is 1. The number of halogens is 1. The third-order valence-corrected chi connectivity index (χ3v) is 3.01. The molecule has 2 aromatic rings. The molecular formula is C14H13BrN2O. The fourth-order valence-electron chi connectivity index (χ4n) is 1.62. The Hall–Kier alpha value is -1.68. The molecule has 1 aromatic heterocycles.